The van der Waals surface area contributed by atoms with Crippen molar-refractivity contribution in [3.05, 3.63) is 23.8 Å². The summed E-state index contributed by atoms with van der Waals surface area (Å²) < 4.78 is 0. The summed E-state index contributed by atoms with van der Waals surface area (Å²) in [4.78, 5) is 0. The molecule has 29 heavy (non-hydrogen) atoms. The van der Waals surface area contributed by atoms with Gasteiger partial charge in [-0.15, -0.1) is 0 Å². The van der Waals surface area contributed by atoms with Crippen molar-refractivity contribution in [3.63, 3.8) is 0 Å². The highest BCUT2D eigenvalue weighted by Gasteiger charge is 2.50. The Bertz CT molecular complexity index is 586. The molecule has 0 aromatic carbocycles. The molecule has 0 spiro atoms. The lowest BCUT2D eigenvalue weighted by Crippen LogP contribution is -2.37. The molecule has 0 radical (unpaired) electrons. The summed E-state index contributed by atoms with van der Waals surface area (Å²) in [6.45, 7) is 10.2. The molecular weight excluding hydrogens is 360 g/mol. The third-order valence-corrected chi connectivity index (χ3v) is 8.53. The van der Waals surface area contributed by atoms with E-state index in [1.165, 1.54) is 50.5 Å². The van der Waals surface area contributed by atoms with Crippen molar-refractivity contribution in [2.45, 2.75) is 116 Å². The number of rotatable bonds is 7. The van der Waals surface area contributed by atoms with Crippen LogP contribution in [-0.4, -0.2) is 33.1 Å². The lowest BCUT2D eigenvalue weighted by atomic mass is 9.60. The minimum Gasteiger partial charge on any atom is -0.390 e. The van der Waals surface area contributed by atoms with Crippen LogP contribution in [0.2, 0.25) is 0 Å². The highest BCUT2D eigenvalue weighted by molar-refractivity contribution is 5.23. The molecule has 3 heteroatoms. The van der Waals surface area contributed by atoms with E-state index in [0.717, 1.165) is 37.0 Å². The number of aliphatic hydroxyl groups is 3. The highest BCUT2D eigenvalue weighted by atomic mass is 16.3. The van der Waals surface area contributed by atoms with Gasteiger partial charge in [0.2, 0.25) is 0 Å². The molecule has 0 heterocycles. The van der Waals surface area contributed by atoms with Crippen molar-refractivity contribution in [1.29, 1.82) is 0 Å². The summed E-state index contributed by atoms with van der Waals surface area (Å²) >= 11 is 0. The van der Waals surface area contributed by atoms with Crippen molar-refractivity contribution < 1.29 is 15.3 Å². The second kappa shape index (κ2) is 9.24. The van der Waals surface area contributed by atoms with Crippen molar-refractivity contribution in [1.82, 2.24) is 0 Å². The van der Waals surface area contributed by atoms with E-state index in [0.29, 0.717) is 23.8 Å². The Balaban J connectivity index is 1.55. The average Bonchev–Trinajstić information content (AvgIpc) is 2.97. The number of hydrogen-bond acceptors (Lipinski definition) is 3. The third kappa shape index (κ3) is 5.54. The fourth-order valence-electron chi connectivity index (χ4n) is 6.71. The van der Waals surface area contributed by atoms with Crippen LogP contribution in [0.25, 0.3) is 0 Å². The van der Waals surface area contributed by atoms with Gasteiger partial charge in [0, 0.05) is 0 Å². The Hall–Kier alpha value is -0.640. The van der Waals surface area contributed by atoms with Crippen molar-refractivity contribution >= 4 is 0 Å². The van der Waals surface area contributed by atoms with Gasteiger partial charge < -0.3 is 15.3 Å². The van der Waals surface area contributed by atoms with E-state index in [9.17, 15) is 15.3 Å². The van der Waals surface area contributed by atoms with Gasteiger partial charge in [-0.05, 0) is 100 Å². The Labute approximate surface area is 178 Å². The van der Waals surface area contributed by atoms with Gasteiger partial charge in [-0.1, -0.05) is 44.4 Å². The SMILES string of the molecule is C=C1[C@H](O)CC(=CCC2CCC[C@]3(C)[C@@H](CCCCC(C)(C)O)CC[C@@H]23)C[C@H]1O. The van der Waals surface area contributed by atoms with E-state index in [4.69, 9.17) is 0 Å². The van der Waals surface area contributed by atoms with Gasteiger partial charge in [-0.25, -0.2) is 0 Å². The van der Waals surface area contributed by atoms with Crippen molar-refractivity contribution in [2.75, 3.05) is 0 Å². The fourth-order valence-corrected chi connectivity index (χ4v) is 6.71. The molecule has 3 saturated carbocycles. The molecule has 166 valence electrons. The summed E-state index contributed by atoms with van der Waals surface area (Å²) in [6.07, 6.45) is 14.9. The molecule has 3 N–H and O–H groups in total. The molecule has 3 nitrogen and oxygen atoms in total. The molecule has 0 aliphatic heterocycles. The van der Waals surface area contributed by atoms with Crippen LogP contribution in [-0.2, 0) is 0 Å². The summed E-state index contributed by atoms with van der Waals surface area (Å²) in [5.41, 5.74) is 1.75. The maximum absolute atomic E-state index is 10.1. The van der Waals surface area contributed by atoms with Crippen LogP contribution in [0, 0.1) is 23.2 Å². The number of unbranched alkanes of at least 4 members (excludes halogenated alkanes) is 1. The molecular formula is C26H44O3. The first-order valence-electron chi connectivity index (χ1n) is 12.1. The molecule has 1 unspecified atom stereocenters. The van der Waals surface area contributed by atoms with Crippen LogP contribution in [0.1, 0.15) is 97.8 Å². The number of fused-ring (bicyclic) bond motifs is 1. The largest absolute Gasteiger partial charge is 0.390 e. The minimum absolute atomic E-state index is 0.482. The summed E-state index contributed by atoms with van der Waals surface area (Å²) in [5, 5.41) is 30.2. The summed E-state index contributed by atoms with van der Waals surface area (Å²) in [7, 11) is 0. The zero-order valence-corrected chi connectivity index (χ0v) is 19.0. The molecule has 3 rings (SSSR count). The molecule has 0 aromatic heterocycles. The predicted octanol–water partition coefficient (Wildman–Crippen LogP) is 5.54. The first kappa shape index (κ1) is 23.0. The lowest BCUT2D eigenvalue weighted by Gasteiger charge is -2.45. The maximum Gasteiger partial charge on any atom is 0.0809 e. The topological polar surface area (TPSA) is 60.7 Å². The van der Waals surface area contributed by atoms with Gasteiger partial charge in [-0.3, -0.25) is 0 Å². The van der Waals surface area contributed by atoms with Crippen LogP contribution >= 0.6 is 0 Å². The van der Waals surface area contributed by atoms with Gasteiger partial charge >= 0.3 is 0 Å². The Morgan fingerprint density at radius 2 is 1.79 bits per heavy atom. The van der Waals surface area contributed by atoms with Gasteiger partial charge in [-0.2, -0.15) is 0 Å². The molecule has 0 bridgehead atoms. The van der Waals surface area contributed by atoms with Gasteiger partial charge in [0.1, 0.15) is 0 Å². The van der Waals surface area contributed by atoms with Crippen LogP contribution in [0.3, 0.4) is 0 Å². The second-order valence-corrected chi connectivity index (χ2v) is 11.2. The first-order valence-corrected chi connectivity index (χ1v) is 12.1. The molecule has 3 aliphatic carbocycles. The molecule has 0 aromatic rings. The Morgan fingerprint density at radius 1 is 1.10 bits per heavy atom. The molecule has 0 saturated heterocycles. The molecule has 3 fully saturated rings. The number of hydrogen-bond donors (Lipinski definition) is 3. The van der Waals surface area contributed by atoms with Crippen LogP contribution in [0.15, 0.2) is 23.8 Å². The van der Waals surface area contributed by atoms with Crippen LogP contribution in [0.5, 0.6) is 0 Å². The normalized spacial score (nSPS) is 38.2. The fraction of sp³-hybridized carbons (Fsp3) is 0.846. The van der Waals surface area contributed by atoms with E-state index in [-0.39, 0.29) is 0 Å². The quantitative estimate of drug-likeness (QED) is 0.386. The minimum atomic E-state index is -0.582. The molecule has 3 aliphatic rings. The van der Waals surface area contributed by atoms with E-state index < -0.39 is 17.8 Å². The van der Waals surface area contributed by atoms with E-state index in [2.05, 4.69) is 19.6 Å². The lowest BCUT2D eigenvalue weighted by molar-refractivity contribution is 0.0448. The predicted molar refractivity (Wildman–Crippen MR) is 120 cm³/mol. The van der Waals surface area contributed by atoms with E-state index >= 15 is 0 Å². The molecule has 0 amide bonds. The average molecular weight is 405 g/mol. The van der Waals surface area contributed by atoms with E-state index in [1.807, 2.05) is 13.8 Å². The first-order chi connectivity index (χ1) is 13.6. The number of allylic oxidation sites excluding steroid dienone is 1. The Kier molecular flexibility index (Phi) is 7.34. The smallest absolute Gasteiger partial charge is 0.0809 e. The van der Waals surface area contributed by atoms with Crippen molar-refractivity contribution in [2.24, 2.45) is 23.2 Å². The Morgan fingerprint density at radius 3 is 2.45 bits per heavy atom. The summed E-state index contributed by atoms with van der Waals surface area (Å²) in [6, 6.07) is 0. The van der Waals surface area contributed by atoms with E-state index in [1.54, 1.807) is 0 Å². The number of aliphatic hydroxyl groups excluding tert-OH is 2. The second-order valence-electron chi connectivity index (χ2n) is 11.2. The maximum atomic E-state index is 10.1. The zero-order chi connectivity index (χ0) is 21.2. The van der Waals surface area contributed by atoms with Gasteiger partial charge in [0.15, 0.2) is 0 Å². The third-order valence-electron chi connectivity index (χ3n) is 8.53. The van der Waals surface area contributed by atoms with Gasteiger partial charge in [0.25, 0.3) is 0 Å². The zero-order valence-electron chi connectivity index (χ0n) is 19.0. The van der Waals surface area contributed by atoms with Crippen LogP contribution < -0.4 is 0 Å². The monoisotopic (exact) mass is 404 g/mol. The van der Waals surface area contributed by atoms with Crippen molar-refractivity contribution in [3.8, 4) is 0 Å². The standard InChI is InChI=1S/C26H44O3/c1-18-23(27)16-19(17-24(18)28)10-11-20-8-7-15-26(4)21(12-13-22(20)26)9-5-6-14-25(2,3)29/h10,20-24,27-29H,1,5-9,11-17H2,2-4H3/t20?,21-,22-,23+,24+,26+/m0/s1. The summed E-state index contributed by atoms with van der Waals surface area (Å²) in [5.74, 6) is 2.41. The molecule has 6 atom stereocenters. The van der Waals surface area contributed by atoms with Gasteiger partial charge in [0.05, 0.1) is 17.8 Å². The van der Waals surface area contributed by atoms with Crippen LogP contribution in [0.4, 0.5) is 0 Å². The highest BCUT2D eigenvalue weighted by Crippen LogP contribution is 2.59.